The molecule has 140 valence electrons. The van der Waals surface area contributed by atoms with E-state index in [9.17, 15) is 18.0 Å². The maximum Gasteiger partial charge on any atom is 0.416 e. The van der Waals surface area contributed by atoms with Crippen LogP contribution in [-0.4, -0.2) is 17.6 Å². The number of esters is 1. The molecule has 1 aromatic heterocycles. The maximum absolute atomic E-state index is 13.3. The van der Waals surface area contributed by atoms with Crippen molar-refractivity contribution in [3.8, 4) is 0 Å². The van der Waals surface area contributed by atoms with E-state index in [0.717, 1.165) is 35.5 Å². The van der Waals surface area contributed by atoms with Gasteiger partial charge in [-0.3, -0.25) is 0 Å². The lowest BCUT2D eigenvalue weighted by molar-refractivity contribution is -0.138. The molecule has 0 bridgehead atoms. The second kappa shape index (κ2) is 6.44. The fraction of sp³-hybridized carbons (Fsp3) is 0.286. The largest absolute Gasteiger partial charge is 0.465 e. The van der Waals surface area contributed by atoms with Crippen LogP contribution in [0.1, 0.15) is 46.1 Å². The van der Waals surface area contributed by atoms with Crippen molar-refractivity contribution in [2.75, 3.05) is 7.11 Å². The molecular weight excluding hydrogens is 355 g/mol. The minimum absolute atomic E-state index is 0.189. The Balaban J connectivity index is 1.80. The average Bonchev–Trinajstić information content (AvgIpc) is 3.41. The Bertz CT molecular complexity index is 1020. The monoisotopic (exact) mass is 373 g/mol. The zero-order valence-corrected chi connectivity index (χ0v) is 14.7. The topological polar surface area (TPSA) is 31.2 Å². The van der Waals surface area contributed by atoms with Crippen LogP contribution in [0.4, 0.5) is 13.2 Å². The van der Waals surface area contributed by atoms with Crippen molar-refractivity contribution in [1.29, 1.82) is 0 Å². The van der Waals surface area contributed by atoms with E-state index >= 15 is 0 Å². The summed E-state index contributed by atoms with van der Waals surface area (Å²) in [6, 6.07) is 13.1. The molecule has 0 N–H and O–H groups in total. The number of nitrogens with zero attached hydrogens (tertiary/aromatic N) is 1. The first-order valence-corrected chi connectivity index (χ1v) is 8.76. The highest BCUT2D eigenvalue weighted by atomic mass is 19.4. The summed E-state index contributed by atoms with van der Waals surface area (Å²) in [4.78, 5) is 11.8. The van der Waals surface area contributed by atoms with Gasteiger partial charge < -0.3 is 9.30 Å². The van der Waals surface area contributed by atoms with Crippen LogP contribution >= 0.6 is 0 Å². The van der Waals surface area contributed by atoms with E-state index in [1.165, 1.54) is 19.2 Å². The summed E-state index contributed by atoms with van der Waals surface area (Å²) in [5.41, 5.74) is 1.84. The smallest absolute Gasteiger partial charge is 0.416 e. The third kappa shape index (κ3) is 3.31. The molecule has 1 aliphatic rings. The fourth-order valence-electron chi connectivity index (χ4n) is 3.58. The van der Waals surface area contributed by atoms with Crippen molar-refractivity contribution in [3.05, 3.63) is 70.9 Å². The van der Waals surface area contributed by atoms with Crippen molar-refractivity contribution in [3.63, 3.8) is 0 Å². The van der Waals surface area contributed by atoms with Gasteiger partial charge in [-0.1, -0.05) is 18.2 Å². The van der Waals surface area contributed by atoms with Crippen molar-refractivity contribution in [1.82, 2.24) is 4.57 Å². The van der Waals surface area contributed by atoms with Crippen LogP contribution in [0.5, 0.6) is 0 Å². The Morgan fingerprint density at radius 3 is 2.56 bits per heavy atom. The second-order valence-electron chi connectivity index (χ2n) is 6.83. The van der Waals surface area contributed by atoms with Crippen LogP contribution in [-0.2, 0) is 17.3 Å². The molecule has 3 aromatic rings. The summed E-state index contributed by atoms with van der Waals surface area (Å²) in [5, 5.41) is 0.837. The van der Waals surface area contributed by atoms with Gasteiger partial charge in [-0.25, -0.2) is 4.79 Å². The average molecular weight is 373 g/mol. The van der Waals surface area contributed by atoms with Gasteiger partial charge in [0.1, 0.15) is 0 Å². The third-order valence-electron chi connectivity index (χ3n) is 4.95. The van der Waals surface area contributed by atoms with Gasteiger partial charge >= 0.3 is 12.1 Å². The molecule has 0 amide bonds. The summed E-state index contributed by atoms with van der Waals surface area (Å²) in [6.07, 6.45) is -2.17. The van der Waals surface area contributed by atoms with E-state index in [4.69, 9.17) is 4.74 Å². The van der Waals surface area contributed by atoms with Crippen molar-refractivity contribution >= 4 is 16.9 Å². The molecule has 1 heterocycles. The molecule has 27 heavy (non-hydrogen) atoms. The Morgan fingerprint density at radius 1 is 1.15 bits per heavy atom. The summed E-state index contributed by atoms with van der Waals surface area (Å²) in [5.74, 6) is -0.431. The van der Waals surface area contributed by atoms with Crippen LogP contribution in [0.3, 0.4) is 0 Å². The lowest BCUT2D eigenvalue weighted by atomic mass is 10.0. The Hall–Kier alpha value is -2.76. The number of aromatic nitrogens is 1. The van der Waals surface area contributed by atoms with Gasteiger partial charge in [0, 0.05) is 29.1 Å². The van der Waals surface area contributed by atoms with Gasteiger partial charge in [0.15, 0.2) is 0 Å². The molecule has 0 radical (unpaired) electrons. The van der Waals surface area contributed by atoms with Crippen LogP contribution < -0.4 is 0 Å². The van der Waals surface area contributed by atoms with Crippen LogP contribution in [0.15, 0.2) is 48.5 Å². The normalized spacial score (nSPS) is 14.5. The first kappa shape index (κ1) is 17.6. The quantitative estimate of drug-likeness (QED) is 0.576. The fourth-order valence-corrected chi connectivity index (χ4v) is 3.58. The van der Waals surface area contributed by atoms with Gasteiger partial charge in [0.25, 0.3) is 0 Å². The van der Waals surface area contributed by atoms with E-state index in [1.54, 1.807) is 18.2 Å². The number of rotatable bonds is 4. The summed E-state index contributed by atoms with van der Waals surface area (Å²) in [7, 11) is 1.32. The molecule has 1 saturated carbocycles. The molecule has 0 aliphatic heterocycles. The number of hydrogen-bond acceptors (Lipinski definition) is 2. The number of halogens is 3. The molecular formula is C21H18F3NO2. The summed E-state index contributed by atoms with van der Waals surface area (Å²) in [6.45, 7) is 0. The lowest BCUT2D eigenvalue weighted by Gasteiger charge is -2.14. The number of hydrogen-bond donors (Lipinski definition) is 0. The van der Waals surface area contributed by atoms with Crippen molar-refractivity contribution < 1.29 is 22.7 Å². The predicted molar refractivity (Wildman–Crippen MR) is 95.8 cm³/mol. The number of carbonyl (C=O) groups is 1. The summed E-state index contributed by atoms with van der Waals surface area (Å²) >= 11 is 0. The van der Waals surface area contributed by atoms with E-state index in [1.807, 2.05) is 12.1 Å². The van der Waals surface area contributed by atoms with Crippen LogP contribution in [0, 0.1) is 0 Å². The summed E-state index contributed by atoms with van der Waals surface area (Å²) < 4.78 is 46.9. The minimum atomic E-state index is -4.38. The van der Waals surface area contributed by atoms with Crippen molar-refractivity contribution in [2.45, 2.75) is 31.5 Å². The Labute approximate surface area is 154 Å². The minimum Gasteiger partial charge on any atom is -0.465 e. The Morgan fingerprint density at radius 2 is 1.89 bits per heavy atom. The maximum atomic E-state index is 13.3. The van der Waals surface area contributed by atoms with Gasteiger partial charge in [-0.2, -0.15) is 13.2 Å². The van der Waals surface area contributed by atoms with E-state index < -0.39 is 17.7 Å². The number of fused-ring (bicyclic) bond motifs is 1. The molecule has 0 unspecified atom stereocenters. The zero-order valence-electron chi connectivity index (χ0n) is 14.7. The van der Waals surface area contributed by atoms with Gasteiger partial charge in [-0.05, 0) is 48.7 Å². The van der Waals surface area contributed by atoms with Crippen LogP contribution in [0.2, 0.25) is 0 Å². The highest BCUT2D eigenvalue weighted by Crippen LogP contribution is 2.41. The first-order chi connectivity index (χ1) is 12.9. The highest BCUT2D eigenvalue weighted by Gasteiger charge is 2.34. The number of benzene rings is 2. The molecule has 0 atom stereocenters. The molecule has 0 spiro atoms. The molecule has 0 saturated heterocycles. The third-order valence-corrected chi connectivity index (χ3v) is 4.95. The molecule has 1 aliphatic carbocycles. The zero-order chi connectivity index (χ0) is 19.2. The van der Waals surface area contributed by atoms with E-state index in [0.29, 0.717) is 11.6 Å². The number of alkyl halides is 3. The number of ether oxygens (including phenoxy) is 1. The van der Waals surface area contributed by atoms with Gasteiger partial charge in [-0.15, -0.1) is 0 Å². The lowest BCUT2D eigenvalue weighted by Crippen LogP contribution is -2.10. The second-order valence-corrected chi connectivity index (χ2v) is 6.83. The van der Waals surface area contributed by atoms with Gasteiger partial charge in [0.2, 0.25) is 0 Å². The number of carbonyl (C=O) groups excluding carboxylic acids is 1. The first-order valence-electron chi connectivity index (χ1n) is 8.76. The van der Waals surface area contributed by atoms with E-state index in [2.05, 4.69) is 4.57 Å². The standard InChI is InChI=1S/C21H18F3NO2/c1-27-20(26)14-6-9-19-15(10-14)12-17(25(19)16-7-8-16)11-13-4-2-3-5-18(13)21(22,23)24/h2-6,9-10,12,16H,7-8,11H2,1H3. The highest BCUT2D eigenvalue weighted by molar-refractivity contribution is 5.95. The van der Waals surface area contributed by atoms with Gasteiger partial charge in [0.05, 0.1) is 18.2 Å². The number of methoxy groups -OCH3 is 1. The van der Waals surface area contributed by atoms with E-state index in [-0.39, 0.29) is 12.0 Å². The molecule has 6 heteroatoms. The Kier molecular flexibility index (Phi) is 4.21. The molecule has 4 rings (SSSR count). The predicted octanol–water partition coefficient (Wildman–Crippen LogP) is 5.37. The molecule has 1 fully saturated rings. The molecule has 3 nitrogen and oxygen atoms in total. The van der Waals surface area contributed by atoms with Crippen molar-refractivity contribution in [2.24, 2.45) is 0 Å². The molecule has 2 aromatic carbocycles. The SMILES string of the molecule is COC(=O)c1ccc2c(c1)cc(Cc1ccccc1C(F)(F)F)n2C1CC1. The van der Waals surface area contributed by atoms with Crippen LogP contribution in [0.25, 0.3) is 10.9 Å².